The molecule has 0 aliphatic rings. The number of anilines is 2. The number of aromatic nitrogens is 1. The predicted molar refractivity (Wildman–Crippen MR) is 127 cm³/mol. The minimum Gasteiger partial charge on any atom is -0.491 e. The lowest BCUT2D eigenvalue weighted by Crippen LogP contribution is -2.20. The van der Waals surface area contributed by atoms with E-state index < -0.39 is 0 Å². The Bertz CT molecular complexity index is 1090. The minimum atomic E-state index is -0.346. The molecule has 0 spiro atoms. The Kier molecular flexibility index (Phi) is 8.35. The molecule has 2 aromatic carbocycles. The van der Waals surface area contributed by atoms with Crippen molar-refractivity contribution in [3.63, 3.8) is 0 Å². The van der Waals surface area contributed by atoms with Gasteiger partial charge in [-0.3, -0.25) is 14.6 Å². The molecule has 3 rings (SSSR count). The van der Waals surface area contributed by atoms with E-state index in [0.717, 1.165) is 10.6 Å². The van der Waals surface area contributed by atoms with Gasteiger partial charge in [0.25, 0.3) is 5.91 Å². The fraction of sp³-hybridized carbons (Fsp3) is 0.174. The summed E-state index contributed by atoms with van der Waals surface area (Å²) in [5.41, 5.74) is 1.92. The molecule has 7 nitrogen and oxygen atoms in total. The maximum absolute atomic E-state index is 12.3. The molecule has 0 saturated heterocycles. The summed E-state index contributed by atoms with van der Waals surface area (Å²) in [6.45, 7) is 1.21. The molecule has 0 unspecified atom stereocenters. The molecule has 3 aromatic rings. The fourth-order valence-electron chi connectivity index (χ4n) is 2.72. The third kappa shape index (κ3) is 7.18. The zero-order valence-electron chi connectivity index (χ0n) is 17.6. The average molecular weight is 472 g/mol. The van der Waals surface area contributed by atoms with E-state index in [1.165, 1.54) is 14.0 Å². The van der Waals surface area contributed by atoms with Gasteiger partial charge >= 0.3 is 0 Å². The Labute approximate surface area is 195 Å². The lowest BCUT2D eigenvalue weighted by Gasteiger charge is -2.12. The van der Waals surface area contributed by atoms with Crippen molar-refractivity contribution in [1.29, 1.82) is 0 Å². The first-order valence-electron chi connectivity index (χ1n) is 9.64. The molecule has 0 bridgehead atoms. The largest absolute Gasteiger partial charge is 0.491 e. The lowest BCUT2D eigenvalue weighted by atomic mass is 10.2. The van der Waals surface area contributed by atoms with Gasteiger partial charge in [0.2, 0.25) is 5.91 Å². The van der Waals surface area contributed by atoms with Crippen molar-refractivity contribution in [3.05, 3.63) is 71.5 Å². The van der Waals surface area contributed by atoms with Crippen LogP contribution in [0.4, 0.5) is 11.4 Å². The number of thioether (sulfide) groups is 1. The summed E-state index contributed by atoms with van der Waals surface area (Å²) >= 11 is 7.53. The monoisotopic (exact) mass is 471 g/mol. The van der Waals surface area contributed by atoms with Crippen LogP contribution in [0.1, 0.15) is 12.6 Å². The van der Waals surface area contributed by atoms with Gasteiger partial charge in [-0.1, -0.05) is 17.7 Å². The number of pyridine rings is 1. The summed E-state index contributed by atoms with van der Waals surface area (Å²) < 4.78 is 11.0. The Morgan fingerprint density at radius 3 is 2.44 bits per heavy atom. The summed E-state index contributed by atoms with van der Waals surface area (Å²) in [5.74, 6) is 0.944. The van der Waals surface area contributed by atoms with Crippen LogP contribution in [0.2, 0.25) is 5.02 Å². The van der Waals surface area contributed by atoms with Gasteiger partial charge in [0.1, 0.15) is 0 Å². The van der Waals surface area contributed by atoms with Gasteiger partial charge in [0.05, 0.1) is 19.0 Å². The van der Waals surface area contributed by atoms with Gasteiger partial charge in [-0.05, 0) is 42.5 Å². The van der Waals surface area contributed by atoms with Crippen molar-refractivity contribution >= 4 is 46.6 Å². The van der Waals surface area contributed by atoms with E-state index in [1.807, 2.05) is 24.3 Å². The number of amides is 2. The predicted octanol–water partition coefficient (Wildman–Crippen LogP) is 5.01. The molecular formula is C23H22ClN3O4S. The van der Waals surface area contributed by atoms with Crippen LogP contribution in [0.25, 0.3) is 0 Å². The number of hydrogen-bond donors (Lipinski definition) is 2. The van der Waals surface area contributed by atoms with E-state index in [4.69, 9.17) is 21.1 Å². The van der Waals surface area contributed by atoms with E-state index in [2.05, 4.69) is 15.6 Å². The van der Waals surface area contributed by atoms with Crippen molar-refractivity contribution in [2.24, 2.45) is 0 Å². The SMILES string of the molecule is COc1cnc(CSc2ccc(Cl)cc2)cc1OCC(=O)Nc1cccc(NC(C)=O)c1. The molecule has 1 heterocycles. The van der Waals surface area contributed by atoms with Crippen LogP contribution in [0.5, 0.6) is 11.5 Å². The number of hydrogen-bond acceptors (Lipinski definition) is 6. The Balaban J connectivity index is 1.59. The number of rotatable bonds is 9. The zero-order chi connectivity index (χ0) is 22.9. The van der Waals surface area contributed by atoms with Crippen LogP contribution in [0.15, 0.2) is 65.7 Å². The number of carbonyl (C=O) groups excluding carboxylic acids is 2. The molecule has 0 radical (unpaired) electrons. The van der Waals surface area contributed by atoms with Crippen LogP contribution in [-0.2, 0) is 15.3 Å². The standard InChI is InChI=1S/C23H22ClN3O4S/c1-15(28)26-17-4-3-5-18(10-17)27-23(29)13-31-21-11-19(25-12-22(21)30-2)14-32-20-8-6-16(24)7-9-20/h3-12H,13-14H2,1-2H3,(H,26,28)(H,27,29). The number of nitrogens with zero attached hydrogens (tertiary/aromatic N) is 1. The third-order valence-corrected chi connectivity index (χ3v) is 5.43. The van der Waals surface area contributed by atoms with Crippen molar-refractivity contribution in [3.8, 4) is 11.5 Å². The maximum atomic E-state index is 12.3. The van der Waals surface area contributed by atoms with Gasteiger partial charge in [-0.2, -0.15) is 0 Å². The first kappa shape index (κ1) is 23.4. The molecule has 166 valence electrons. The van der Waals surface area contributed by atoms with Gasteiger partial charge in [0.15, 0.2) is 18.1 Å². The maximum Gasteiger partial charge on any atom is 0.262 e. The van der Waals surface area contributed by atoms with Crippen LogP contribution >= 0.6 is 23.4 Å². The summed E-state index contributed by atoms with van der Waals surface area (Å²) in [4.78, 5) is 29.0. The number of nitrogens with one attached hydrogen (secondary N) is 2. The van der Waals surface area contributed by atoms with Gasteiger partial charge in [-0.15, -0.1) is 11.8 Å². The van der Waals surface area contributed by atoms with E-state index in [9.17, 15) is 9.59 Å². The second-order valence-corrected chi connectivity index (χ2v) is 8.15. The van der Waals surface area contributed by atoms with Crippen LogP contribution in [-0.4, -0.2) is 30.5 Å². The van der Waals surface area contributed by atoms with Gasteiger partial charge in [0, 0.05) is 40.0 Å². The van der Waals surface area contributed by atoms with Crippen molar-refractivity contribution < 1.29 is 19.1 Å². The highest BCUT2D eigenvalue weighted by molar-refractivity contribution is 7.98. The second-order valence-electron chi connectivity index (χ2n) is 6.67. The number of methoxy groups -OCH3 is 1. The molecule has 0 atom stereocenters. The second kappa shape index (κ2) is 11.4. The number of halogens is 1. The zero-order valence-corrected chi connectivity index (χ0v) is 19.1. The third-order valence-electron chi connectivity index (χ3n) is 4.13. The highest BCUT2D eigenvalue weighted by Gasteiger charge is 2.11. The number of carbonyl (C=O) groups is 2. The van der Waals surface area contributed by atoms with Crippen molar-refractivity contribution in [1.82, 2.24) is 4.98 Å². The normalized spacial score (nSPS) is 10.3. The lowest BCUT2D eigenvalue weighted by molar-refractivity contribution is -0.118. The number of benzene rings is 2. The highest BCUT2D eigenvalue weighted by atomic mass is 35.5. The molecule has 32 heavy (non-hydrogen) atoms. The Hall–Kier alpha value is -3.23. The van der Waals surface area contributed by atoms with E-state index in [0.29, 0.717) is 33.6 Å². The summed E-state index contributed by atoms with van der Waals surface area (Å²) in [6, 6.07) is 16.2. The van der Waals surface area contributed by atoms with Gasteiger partial charge < -0.3 is 20.1 Å². The molecule has 0 fully saturated rings. The quantitative estimate of drug-likeness (QED) is 0.426. The van der Waals surface area contributed by atoms with E-state index >= 15 is 0 Å². The molecule has 2 N–H and O–H groups in total. The van der Waals surface area contributed by atoms with Crippen LogP contribution < -0.4 is 20.1 Å². The fourth-order valence-corrected chi connectivity index (χ4v) is 3.64. The van der Waals surface area contributed by atoms with Crippen molar-refractivity contribution in [2.75, 3.05) is 24.4 Å². The first-order chi connectivity index (χ1) is 15.4. The topological polar surface area (TPSA) is 89.6 Å². The smallest absolute Gasteiger partial charge is 0.262 e. The minimum absolute atomic E-state index is 0.188. The Morgan fingerprint density at radius 1 is 1.03 bits per heavy atom. The first-order valence-corrected chi connectivity index (χ1v) is 11.0. The average Bonchev–Trinajstić information content (AvgIpc) is 2.77. The van der Waals surface area contributed by atoms with Crippen LogP contribution in [0.3, 0.4) is 0 Å². The summed E-state index contributed by atoms with van der Waals surface area (Å²) in [7, 11) is 1.51. The van der Waals surface area contributed by atoms with E-state index in [1.54, 1.807) is 48.3 Å². The molecule has 0 aliphatic carbocycles. The Morgan fingerprint density at radius 2 is 1.75 bits per heavy atom. The molecule has 1 aromatic heterocycles. The molecule has 0 saturated carbocycles. The molecule has 0 aliphatic heterocycles. The van der Waals surface area contributed by atoms with Crippen molar-refractivity contribution in [2.45, 2.75) is 17.6 Å². The number of ether oxygens (including phenoxy) is 2. The summed E-state index contributed by atoms with van der Waals surface area (Å²) in [6.07, 6.45) is 1.57. The highest BCUT2D eigenvalue weighted by Crippen LogP contribution is 2.30. The molecular weight excluding hydrogens is 450 g/mol. The van der Waals surface area contributed by atoms with E-state index in [-0.39, 0.29) is 18.4 Å². The van der Waals surface area contributed by atoms with Gasteiger partial charge in [-0.25, -0.2) is 0 Å². The molecule has 2 amide bonds. The molecule has 9 heteroatoms. The summed E-state index contributed by atoms with van der Waals surface area (Å²) in [5, 5.41) is 6.10. The van der Waals surface area contributed by atoms with Crippen LogP contribution in [0, 0.1) is 0 Å².